The van der Waals surface area contributed by atoms with E-state index in [0.717, 1.165) is 17.7 Å². The number of benzene rings is 1. The summed E-state index contributed by atoms with van der Waals surface area (Å²) in [4.78, 5) is 16.2. The molecule has 2 aromatic rings. The first-order valence-electron chi connectivity index (χ1n) is 5.72. The Morgan fingerprint density at radius 1 is 1.28 bits per heavy atom. The second-order valence-corrected chi connectivity index (χ2v) is 4.56. The van der Waals surface area contributed by atoms with Gasteiger partial charge in [-0.05, 0) is 46.1 Å². The molecule has 0 aliphatic rings. The first-order chi connectivity index (χ1) is 8.72. The Kier molecular flexibility index (Phi) is 4.10. The lowest BCUT2D eigenvalue weighted by Crippen LogP contribution is -2.14. The highest BCUT2D eigenvalue weighted by Crippen LogP contribution is 2.19. The predicted octanol–water partition coefficient (Wildman–Crippen LogP) is 3.66. The van der Waals surface area contributed by atoms with Gasteiger partial charge in [0.25, 0.3) is 5.91 Å². The number of halogens is 1. The van der Waals surface area contributed by atoms with Crippen LogP contribution in [-0.2, 0) is 6.42 Å². The molecule has 0 atom stereocenters. The predicted molar refractivity (Wildman–Crippen MR) is 75.7 cm³/mol. The molecule has 0 saturated heterocycles. The molecule has 1 heterocycles. The quantitative estimate of drug-likeness (QED) is 0.879. The lowest BCUT2D eigenvalue weighted by atomic mass is 10.1. The van der Waals surface area contributed by atoms with E-state index >= 15 is 0 Å². The van der Waals surface area contributed by atoms with Gasteiger partial charge in [0.05, 0.1) is 5.56 Å². The van der Waals surface area contributed by atoms with Gasteiger partial charge in [-0.15, -0.1) is 0 Å². The highest BCUT2D eigenvalue weighted by atomic mass is 79.9. The van der Waals surface area contributed by atoms with Gasteiger partial charge in [-0.1, -0.05) is 25.1 Å². The molecule has 0 unspecified atom stereocenters. The van der Waals surface area contributed by atoms with Crippen LogP contribution >= 0.6 is 15.9 Å². The van der Waals surface area contributed by atoms with Gasteiger partial charge in [-0.2, -0.15) is 0 Å². The fourth-order valence-electron chi connectivity index (χ4n) is 1.70. The maximum Gasteiger partial charge on any atom is 0.258 e. The Hall–Kier alpha value is -1.68. The summed E-state index contributed by atoms with van der Waals surface area (Å²) >= 11 is 3.27. The molecule has 0 aliphatic carbocycles. The minimum atomic E-state index is -0.157. The summed E-state index contributed by atoms with van der Waals surface area (Å²) < 4.78 is 0.552. The number of carbonyl (C=O) groups is 1. The van der Waals surface area contributed by atoms with Crippen molar-refractivity contribution < 1.29 is 4.79 Å². The molecule has 1 amide bonds. The van der Waals surface area contributed by atoms with Gasteiger partial charge in [0.2, 0.25) is 0 Å². The van der Waals surface area contributed by atoms with Crippen molar-refractivity contribution in [1.29, 1.82) is 0 Å². The maximum atomic E-state index is 12.1. The monoisotopic (exact) mass is 304 g/mol. The zero-order valence-electron chi connectivity index (χ0n) is 9.98. The number of hydrogen-bond acceptors (Lipinski definition) is 2. The van der Waals surface area contributed by atoms with Gasteiger partial charge in [0, 0.05) is 11.9 Å². The summed E-state index contributed by atoms with van der Waals surface area (Å²) in [7, 11) is 0. The highest BCUT2D eigenvalue weighted by molar-refractivity contribution is 9.10. The summed E-state index contributed by atoms with van der Waals surface area (Å²) in [5.41, 5.74) is 2.50. The number of anilines is 1. The summed E-state index contributed by atoms with van der Waals surface area (Å²) in [6.07, 6.45) is 2.52. The number of nitrogens with zero attached hydrogens (tertiary/aromatic N) is 1. The van der Waals surface area contributed by atoms with Gasteiger partial charge in [0.15, 0.2) is 0 Å². The van der Waals surface area contributed by atoms with Crippen LogP contribution in [-0.4, -0.2) is 10.9 Å². The van der Waals surface area contributed by atoms with Gasteiger partial charge in [0.1, 0.15) is 4.60 Å². The minimum absolute atomic E-state index is 0.157. The molecule has 3 nitrogen and oxygen atoms in total. The number of carbonyl (C=O) groups excluding carboxylic acids is 1. The summed E-state index contributed by atoms with van der Waals surface area (Å²) in [5.74, 6) is -0.157. The van der Waals surface area contributed by atoms with E-state index in [4.69, 9.17) is 0 Å². The molecule has 1 aromatic heterocycles. The number of aromatic nitrogens is 1. The van der Waals surface area contributed by atoms with Crippen LogP contribution in [0.25, 0.3) is 0 Å². The molecular formula is C14H13BrN2O. The van der Waals surface area contributed by atoms with E-state index < -0.39 is 0 Å². The average molecular weight is 305 g/mol. The molecule has 2 rings (SSSR count). The van der Waals surface area contributed by atoms with Crippen LogP contribution in [0, 0.1) is 0 Å². The van der Waals surface area contributed by atoms with E-state index in [1.54, 1.807) is 18.3 Å². The van der Waals surface area contributed by atoms with Crippen molar-refractivity contribution in [2.45, 2.75) is 13.3 Å². The molecule has 0 saturated carbocycles. The zero-order valence-corrected chi connectivity index (χ0v) is 11.6. The number of pyridine rings is 1. The van der Waals surface area contributed by atoms with E-state index in [9.17, 15) is 4.79 Å². The third kappa shape index (κ3) is 2.76. The topological polar surface area (TPSA) is 42.0 Å². The number of hydrogen-bond donors (Lipinski definition) is 1. The van der Waals surface area contributed by atoms with E-state index in [0.29, 0.717) is 10.2 Å². The zero-order chi connectivity index (χ0) is 13.0. The first kappa shape index (κ1) is 12.8. The average Bonchev–Trinajstić information content (AvgIpc) is 2.39. The minimum Gasteiger partial charge on any atom is -0.322 e. The third-order valence-electron chi connectivity index (χ3n) is 2.65. The fraction of sp³-hybridized carbons (Fsp3) is 0.143. The van der Waals surface area contributed by atoms with E-state index in [1.807, 2.05) is 24.3 Å². The second kappa shape index (κ2) is 5.78. The number of amides is 1. The molecule has 0 fully saturated rings. The van der Waals surface area contributed by atoms with E-state index in [1.165, 1.54) is 0 Å². The van der Waals surface area contributed by atoms with Crippen LogP contribution in [0.3, 0.4) is 0 Å². The Bertz CT molecular complexity index is 569. The Morgan fingerprint density at radius 3 is 2.78 bits per heavy atom. The van der Waals surface area contributed by atoms with Crippen LogP contribution in [0.4, 0.5) is 5.69 Å². The van der Waals surface area contributed by atoms with Crippen molar-refractivity contribution >= 4 is 27.5 Å². The highest BCUT2D eigenvalue weighted by Gasteiger charge is 2.11. The van der Waals surface area contributed by atoms with Crippen molar-refractivity contribution in [3.63, 3.8) is 0 Å². The van der Waals surface area contributed by atoms with Crippen molar-refractivity contribution in [2.24, 2.45) is 0 Å². The second-order valence-electron chi connectivity index (χ2n) is 3.81. The standard InChI is InChI=1S/C14H13BrN2O/c1-2-10-6-3-4-8-12(10)17-14(18)11-7-5-9-16-13(11)15/h3-9H,2H2,1H3,(H,17,18). The Balaban J connectivity index is 2.24. The largest absolute Gasteiger partial charge is 0.322 e. The van der Waals surface area contributed by atoms with Crippen LogP contribution in [0.2, 0.25) is 0 Å². The molecule has 4 heteroatoms. The van der Waals surface area contributed by atoms with Crippen molar-refractivity contribution in [3.8, 4) is 0 Å². The molecule has 0 aliphatic heterocycles. The lowest BCUT2D eigenvalue weighted by Gasteiger charge is -2.10. The van der Waals surface area contributed by atoms with Crippen molar-refractivity contribution in [1.82, 2.24) is 4.98 Å². The first-order valence-corrected chi connectivity index (χ1v) is 6.51. The number of aryl methyl sites for hydroxylation is 1. The SMILES string of the molecule is CCc1ccccc1NC(=O)c1cccnc1Br. The maximum absolute atomic E-state index is 12.1. The Morgan fingerprint density at radius 2 is 2.06 bits per heavy atom. The molecule has 1 aromatic carbocycles. The summed E-state index contributed by atoms with van der Waals surface area (Å²) in [6.45, 7) is 2.06. The van der Waals surface area contributed by atoms with Crippen LogP contribution < -0.4 is 5.32 Å². The molecule has 0 radical (unpaired) electrons. The molecular weight excluding hydrogens is 292 g/mol. The van der Waals surface area contributed by atoms with Gasteiger partial charge in [-0.3, -0.25) is 4.79 Å². The summed E-state index contributed by atoms with van der Waals surface area (Å²) in [5, 5.41) is 2.91. The number of para-hydroxylation sites is 1. The van der Waals surface area contributed by atoms with Crippen LogP contribution in [0.15, 0.2) is 47.2 Å². The van der Waals surface area contributed by atoms with Gasteiger partial charge in [-0.25, -0.2) is 4.98 Å². The lowest BCUT2D eigenvalue weighted by molar-refractivity contribution is 0.102. The normalized spacial score (nSPS) is 10.1. The van der Waals surface area contributed by atoms with Crippen LogP contribution in [0.1, 0.15) is 22.8 Å². The summed E-state index contributed by atoms with van der Waals surface area (Å²) in [6, 6.07) is 11.3. The van der Waals surface area contributed by atoms with Crippen LogP contribution in [0.5, 0.6) is 0 Å². The number of nitrogens with one attached hydrogen (secondary N) is 1. The number of rotatable bonds is 3. The molecule has 92 valence electrons. The van der Waals surface area contributed by atoms with Gasteiger partial charge < -0.3 is 5.32 Å². The fourth-order valence-corrected chi connectivity index (χ4v) is 2.13. The van der Waals surface area contributed by atoms with Crippen molar-refractivity contribution in [2.75, 3.05) is 5.32 Å². The Labute approximate surface area is 114 Å². The molecule has 0 bridgehead atoms. The van der Waals surface area contributed by atoms with Gasteiger partial charge >= 0.3 is 0 Å². The molecule has 18 heavy (non-hydrogen) atoms. The van der Waals surface area contributed by atoms with E-state index in [-0.39, 0.29) is 5.91 Å². The molecule has 0 spiro atoms. The smallest absolute Gasteiger partial charge is 0.258 e. The third-order valence-corrected chi connectivity index (χ3v) is 3.28. The van der Waals surface area contributed by atoms with E-state index in [2.05, 4.69) is 33.2 Å². The van der Waals surface area contributed by atoms with Crippen molar-refractivity contribution in [3.05, 3.63) is 58.3 Å². The molecule has 1 N–H and O–H groups in total.